The first-order valence-corrected chi connectivity index (χ1v) is 8.89. The average Bonchev–Trinajstić information content (AvgIpc) is 2.99. The highest BCUT2D eigenvalue weighted by Gasteiger charge is 2.20. The highest BCUT2D eigenvalue weighted by molar-refractivity contribution is 7.11. The Hall–Kier alpha value is -2.28. The van der Waals surface area contributed by atoms with Crippen molar-refractivity contribution in [2.24, 2.45) is 0 Å². The smallest absolute Gasteiger partial charge is 0.255 e. The molecule has 1 aromatic heterocycles. The van der Waals surface area contributed by atoms with E-state index in [9.17, 15) is 4.79 Å². The summed E-state index contributed by atoms with van der Waals surface area (Å²) in [5.41, 5.74) is 1.54. The molecule has 0 atom stereocenters. The topological polar surface area (TPSA) is 69.7 Å². The Kier molecular flexibility index (Phi) is 6.64. The number of hydrogen-bond acceptors (Lipinski definition) is 6. The predicted octanol–water partition coefficient (Wildman–Crippen LogP) is 3.01. The van der Waals surface area contributed by atoms with Crippen LogP contribution < -0.4 is 19.5 Å². The summed E-state index contributed by atoms with van der Waals surface area (Å²) in [5.74, 6) is 1.06. The number of aryl methyl sites for hydroxylation is 2. The van der Waals surface area contributed by atoms with Crippen LogP contribution in [0.4, 0.5) is 0 Å². The van der Waals surface area contributed by atoms with Gasteiger partial charge in [0.25, 0.3) is 5.91 Å². The molecule has 0 aliphatic rings. The van der Waals surface area contributed by atoms with Gasteiger partial charge in [-0.25, -0.2) is 4.98 Å². The predicted molar refractivity (Wildman–Crippen MR) is 98.4 cm³/mol. The Morgan fingerprint density at radius 1 is 1.16 bits per heavy atom. The van der Waals surface area contributed by atoms with E-state index in [-0.39, 0.29) is 5.91 Å². The third kappa shape index (κ3) is 4.22. The van der Waals surface area contributed by atoms with Gasteiger partial charge >= 0.3 is 0 Å². The van der Waals surface area contributed by atoms with Crippen molar-refractivity contribution in [2.75, 3.05) is 27.9 Å². The molecule has 25 heavy (non-hydrogen) atoms. The summed E-state index contributed by atoms with van der Waals surface area (Å²) in [6, 6.07) is 3.35. The highest BCUT2D eigenvalue weighted by atomic mass is 32.1. The van der Waals surface area contributed by atoms with Crippen LogP contribution in [-0.4, -0.2) is 38.8 Å². The van der Waals surface area contributed by atoms with E-state index >= 15 is 0 Å². The summed E-state index contributed by atoms with van der Waals surface area (Å²) < 4.78 is 15.9. The number of nitrogens with one attached hydrogen (secondary N) is 1. The number of thiazole rings is 1. The minimum atomic E-state index is -0.221. The molecule has 0 aliphatic carbocycles. The summed E-state index contributed by atoms with van der Waals surface area (Å²) >= 11 is 1.68. The Morgan fingerprint density at radius 2 is 1.88 bits per heavy atom. The van der Waals surface area contributed by atoms with Crippen molar-refractivity contribution in [3.8, 4) is 17.2 Å². The molecule has 1 N–H and O–H groups in total. The van der Waals surface area contributed by atoms with Gasteiger partial charge in [0.05, 0.1) is 37.6 Å². The molecular weight excluding hydrogens is 340 g/mol. The largest absolute Gasteiger partial charge is 0.493 e. The summed E-state index contributed by atoms with van der Waals surface area (Å²) in [6.07, 6.45) is 1.63. The highest BCUT2D eigenvalue weighted by Crippen LogP contribution is 2.39. The summed E-state index contributed by atoms with van der Waals surface area (Å²) in [7, 11) is 4.55. The number of carbonyl (C=O) groups is 1. The average molecular weight is 364 g/mol. The van der Waals surface area contributed by atoms with Crippen molar-refractivity contribution < 1.29 is 19.0 Å². The molecule has 2 rings (SSSR count). The van der Waals surface area contributed by atoms with Crippen LogP contribution in [0.1, 0.15) is 32.9 Å². The lowest BCUT2D eigenvalue weighted by Crippen LogP contribution is -2.26. The van der Waals surface area contributed by atoms with E-state index < -0.39 is 0 Å². The quantitative estimate of drug-likeness (QED) is 0.780. The normalized spacial score (nSPS) is 10.4. The number of hydrogen-bond donors (Lipinski definition) is 1. The van der Waals surface area contributed by atoms with E-state index in [1.165, 1.54) is 26.2 Å². The van der Waals surface area contributed by atoms with Gasteiger partial charge in [0, 0.05) is 17.8 Å². The number of aromatic nitrogens is 1. The molecule has 0 fully saturated rings. The molecule has 1 heterocycles. The van der Waals surface area contributed by atoms with Crippen LogP contribution in [0, 0.1) is 6.92 Å². The monoisotopic (exact) mass is 364 g/mol. The number of ether oxygens (including phenoxy) is 3. The zero-order valence-electron chi connectivity index (χ0n) is 15.3. The van der Waals surface area contributed by atoms with Crippen LogP contribution in [-0.2, 0) is 12.8 Å². The van der Waals surface area contributed by atoms with Crippen molar-refractivity contribution in [2.45, 2.75) is 26.7 Å². The van der Waals surface area contributed by atoms with E-state index in [1.54, 1.807) is 23.5 Å². The molecule has 0 bridgehead atoms. The molecule has 0 radical (unpaired) electrons. The van der Waals surface area contributed by atoms with Crippen molar-refractivity contribution >= 4 is 17.2 Å². The van der Waals surface area contributed by atoms with Gasteiger partial charge in [0.15, 0.2) is 11.5 Å². The Balaban J connectivity index is 2.07. The molecule has 0 spiro atoms. The van der Waals surface area contributed by atoms with Crippen LogP contribution in [0.5, 0.6) is 17.2 Å². The van der Waals surface area contributed by atoms with Gasteiger partial charge in [-0.3, -0.25) is 4.79 Å². The number of nitrogens with zero attached hydrogens (tertiary/aromatic N) is 1. The number of methoxy groups -OCH3 is 3. The maximum atomic E-state index is 12.5. The van der Waals surface area contributed by atoms with Gasteiger partial charge in [-0.15, -0.1) is 11.3 Å². The number of amides is 1. The van der Waals surface area contributed by atoms with Crippen molar-refractivity contribution in [3.63, 3.8) is 0 Å². The molecule has 1 aromatic carbocycles. The van der Waals surface area contributed by atoms with Crippen LogP contribution in [0.3, 0.4) is 0 Å². The first-order valence-electron chi connectivity index (χ1n) is 8.08. The molecule has 1 amide bonds. The SMILES string of the molecule is CCc1nc(CCNC(=O)c2ccc(OC)c(OC)c2OC)sc1C. The first kappa shape index (κ1) is 19.1. The van der Waals surface area contributed by atoms with Gasteiger partial charge in [-0.2, -0.15) is 0 Å². The summed E-state index contributed by atoms with van der Waals surface area (Å²) in [6.45, 7) is 4.68. The molecule has 0 saturated heterocycles. The summed E-state index contributed by atoms with van der Waals surface area (Å²) in [5, 5.41) is 3.95. The lowest BCUT2D eigenvalue weighted by atomic mass is 10.1. The van der Waals surface area contributed by atoms with Crippen LogP contribution in [0.15, 0.2) is 12.1 Å². The Bertz CT molecular complexity index is 743. The number of rotatable bonds is 8. The third-order valence-corrected chi connectivity index (χ3v) is 4.92. The molecule has 7 heteroatoms. The van der Waals surface area contributed by atoms with E-state index in [2.05, 4.69) is 24.1 Å². The molecule has 6 nitrogen and oxygen atoms in total. The third-order valence-electron chi connectivity index (χ3n) is 3.85. The fraction of sp³-hybridized carbons (Fsp3) is 0.444. The second-order valence-corrected chi connectivity index (χ2v) is 6.64. The minimum Gasteiger partial charge on any atom is -0.493 e. The maximum absolute atomic E-state index is 12.5. The molecule has 136 valence electrons. The second-order valence-electron chi connectivity index (χ2n) is 5.35. The molecule has 2 aromatic rings. The zero-order valence-corrected chi connectivity index (χ0v) is 16.1. The first-order chi connectivity index (χ1) is 12.0. The molecular formula is C18H24N2O4S. The van der Waals surface area contributed by atoms with Crippen molar-refractivity contribution in [3.05, 3.63) is 33.3 Å². The molecule has 0 saturated carbocycles. The molecule has 0 unspecified atom stereocenters. The standard InChI is InChI=1S/C18H24N2O4S/c1-6-13-11(2)25-15(20-13)9-10-19-18(21)12-7-8-14(22-3)17(24-5)16(12)23-4/h7-8H,6,9-10H2,1-5H3,(H,19,21). The fourth-order valence-corrected chi connectivity index (χ4v) is 3.60. The van der Waals surface area contributed by atoms with Gasteiger partial charge in [0.2, 0.25) is 5.75 Å². The van der Waals surface area contributed by atoms with E-state index in [0.717, 1.165) is 17.1 Å². The van der Waals surface area contributed by atoms with Crippen molar-refractivity contribution in [1.29, 1.82) is 0 Å². The van der Waals surface area contributed by atoms with Gasteiger partial charge in [0.1, 0.15) is 0 Å². The van der Waals surface area contributed by atoms with Crippen molar-refractivity contribution in [1.82, 2.24) is 10.3 Å². The molecule has 0 aliphatic heterocycles. The van der Waals surface area contributed by atoms with E-state index in [4.69, 9.17) is 14.2 Å². The van der Waals surface area contributed by atoms with Gasteiger partial charge in [-0.1, -0.05) is 6.92 Å². The lowest BCUT2D eigenvalue weighted by Gasteiger charge is -2.15. The second kappa shape index (κ2) is 8.71. The fourth-order valence-electron chi connectivity index (χ4n) is 2.58. The minimum absolute atomic E-state index is 0.221. The van der Waals surface area contributed by atoms with Crippen LogP contribution in [0.2, 0.25) is 0 Å². The number of benzene rings is 1. The van der Waals surface area contributed by atoms with Crippen LogP contribution >= 0.6 is 11.3 Å². The number of carbonyl (C=O) groups excluding carboxylic acids is 1. The van der Waals surface area contributed by atoms with Gasteiger partial charge < -0.3 is 19.5 Å². The lowest BCUT2D eigenvalue weighted by molar-refractivity contribution is 0.0950. The Morgan fingerprint density at radius 3 is 2.44 bits per heavy atom. The van der Waals surface area contributed by atoms with E-state index in [1.807, 2.05) is 0 Å². The zero-order chi connectivity index (χ0) is 18.4. The van der Waals surface area contributed by atoms with Crippen LogP contribution in [0.25, 0.3) is 0 Å². The maximum Gasteiger partial charge on any atom is 0.255 e. The van der Waals surface area contributed by atoms with Gasteiger partial charge in [-0.05, 0) is 25.5 Å². The van der Waals surface area contributed by atoms with E-state index in [0.29, 0.717) is 35.8 Å². The summed E-state index contributed by atoms with van der Waals surface area (Å²) in [4.78, 5) is 18.3. The Labute approximate surface area is 152 Å².